The van der Waals surface area contributed by atoms with Crippen molar-refractivity contribution >= 4 is 17.5 Å². The van der Waals surface area contributed by atoms with Crippen molar-refractivity contribution in [1.29, 1.82) is 0 Å². The number of amides is 1. The molecule has 0 aliphatic heterocycles. The Morgan fingerprint density at radius 1 is 1.40 bits per heavy atom. The molecule has 1 amide bonds. The average molecular weight is 368 g/mol. The van der Waals surface area contributed by atoms with Gasteiger partial charge < -0.3 is 14.8 Å². The predicted octanol–water partition coefficient (Wildman–Crippen LogP) is 2.12. The second kappa shape index (κ2) is 9.33. The third-order valence-corrected chi connectivity index (χ3v) is 3.61. The summed E-state index contributed by atoms with van der Waals surface area (Å²) in [6.07, 6.45) is 2.15. The Bertz CT molecular complexity index is 691. The minimum atomic E-state index is -0.258. The Morgan fingerprint density at radius 2 is 2.20 bits per heavy atom. The Hall–Kier alpha value is -2.19. The van der Waals surface area contributed by atoms with Gasteiger partial charge in [0.05, 0.1) is 23.4 Å². The Kier molecular flexibility index (Phi) is 7.15. The zero-order valence-electron chi connectivity index (χ0n) is 14.5. The number of ether oxygens (including phenoxy) is 2. The SMILES string of the molecule is COc1cc(-n2cnnn2)c(Cl)cc1C(=O)NCCCOCC(C)C. The van der Waals surface area contributed by atoms with Crippen molar-refractivity contribution < 1.29 is 14.3 Å². The second-order valence-electron chi connectivity index (χ2n) is 5.84. The zero-order chi connectivity index (χ0) is 18.2. The van der Waals surface area contributed by atoms with Crippen molar-refractivity contribution in [3.63, 3.8) is 0 Å². The van der Waals surface area contributed by atoms with E-state index in [0.717, 1.165) is 13.0 Å². The fourth-order valence-electron chi connectivity index (χ4n) is 2.13. The molecular formula is C16H22ClN5O3. The van der Waals surface area contributed by atoms with Crippen LogP contribution in [0.4, 0.5) is 0 Å². The van der Waals surface area contributed by atoms with Crippen molar-refractivity contribution in [3.8, 4) is 11.4 Å². The van der Waals surface area contributed by atoms with Gasteiger partial charge in [-0.25, -0.2) is 0 Å². The molecule has 0 radical (unpaired) electrons. The van der Waals surface area contributed by atoms with Gasteiger partial charge in [-0.3, -0.25) is 4.79 Å². The average Bonchev–Trinajstić information content (AvgIpc) is 3.11. The molecule has 0 saturated carbocycles. The van der Waals surface area contributed by atoms with Crippen LogP contribution in [0.1, 0.15) is 30.6 Å². The standard InChI is InChI=1S/C16H22ClN5O3/c1-11(2)9-25-6-4-5-18-16(23)12-7-13(17)14(8-15(12)24-3)22-10-19-20-21-22/h7-8,10-11H,4-6,9H2,1-3H3,(H,18,23). The van der Waals surface area contributed by atoms with E-state index in [1.54, 1.807) is 12.1 Å². The van der Waals surface area contributed by atoms with Crippen molar-refractivity contribution in [3.05, 3.63) is 29.0 Å². The Labute approximate surface area is 151 Å². The van der Waals surface area contributed by atoms with Gasteiger partial charge in [0.1, 0.15) is 12.1 Å². The van der Waals surface area contributed by atoms with E-state index < -0.39 is 0 Å². The fraction of sp³-hybridized carbons (Fsp3) is 0.500. The normalized spacial score (nSPS) is 10.9. The lowest BCUT2D eigenvalue weighted by molar-refractivity contribution is 0.0922. The number of rotatable bonds is 9. The van der Waals surface area contributed by atoms with Crippen LogP contribution in [0.2, 0.25) is 5.02 Å². The molecule has 136 valence electrons. The van der Waals surface area contributed by atoms with Crippen LogP contribution < -0.4 is 10.1 Å². The van der Waals surface area contributed by atoms with Gasteiger partial charge in [0, 0.05) is 25.8 Å². The summed E-state index contributed by atoms with van der Waals surface area (Å²) < 4.78 is 12.2. The molecule has 1 aromatic carbocycles. The molecule has 1 aromatic heterocycles. The number of halogens is 1. The van der Waals surface area contributed by atoms with Crippen LogP contribution >= 0.6 is 11.6 Å². The maximum atomic E-state index is 12.4. The van der Waals surface area contributed by atoms with Gasteiger partial charge in [-0.15, -0.1) is 5.10 Å². The first kappa shape index (κ1) is 19.1. The summed E-state index contributed by atoms with van der Waals surface area (Å²) in [5.41, 5.74) is 0.884. The molecule has 8 nitrogen and oxygen atoms in total. The van der Waals surface area contributed by atoms with Gasteiger partial charge in [0.2, 0.25) is 0 Å². The van der Waals surface area contributed by atoms with Crippen LogP contribution in [0.15, 0.2) is 18.5 Å². The summed E-state index contributed by atoms with van der Waals surface area (Å²) in [7, 11) is 1.49. The van der Waals surface area contributed by atoms with Crippen LogP contribution in [0.3, 0.4) is 0 Å². The van der Waals surface area contributed by atoms with Crippen LogP contribution in [0.5, 0.6) is 5.75 Å². The predicted molar refractivity (Wildman–Crippen MR) is 93.3 cm³/mol. The molecule has 2 rings (SSSR count). The third kappa shape index (κ3) is 5.40. The smallest absolute Gasteiger partial charge is 0.255 e. The lowest BCUT2D eigenvalue weighted by Gasteiger charge is -2.12. The maximum Gasteiger partial charge on any atom is 0.255 e. The number of nitrogens with one attached hydrogen (secondary N) is 1. The molecule has 1 N–H and O–H groups in total. The van der Waals surface area contributed by atoms with Gasteiger partial charge >= 0.3 is 0 Å². The molecular weight excluding hydrogens is 346 g/mol. The minimum Gasteiger partial charge on any atom is -0.496 e. The lowest BCUT2D eigenvalue weighted by Crippen LogP contribution is -2.26. The minimum absolute atomic E-state index is 0.258. The van der Waals surface area contributed by atoms with E-state index in [1.807, 2.05) is 0 Å². The molecule has 0 aliphatic carbocycles. The summed E-state index contributed by atoms with van der Waals surface area (Å²) in [5, 5.41) is 14.1. The number of tetrazole rings is 1. The molecule has 0 atom stereocenters. The van der Waals surface area contributed by atoms with Crippen molar-refractivity contribution in [1.82, 2.24) is 25.5 Å². The maximum absolute atomic E-state index is 12.4. The van der Waals surface area contributed by atoms with E-state index >= 15 is 0 Å². The van der Waals surface area contributed by atoms with Crippen LogP contribution in [0.25, 0.3) is 5.69 Å². The largest absolute Gasteiger partial charge is 0.496 e. The highest BCUT2D eigenvalue weighted by Crippen LogP contribution is 2.29. The van der Waals surface area contributed by atoms with Crippen LogP contribution in [0, 0.1) is 5.92 Å². The monoisotopic (exact) mass is 367 g/mol. The summed E-state index contributed by atoms with van der Waals surface area (Å²) in [6.45, 7) is 6.02. The Balaban J connectivity index is 1.98. The number of carbonyl (C=O) groups is 1. The van der Waals surface area contributed by atoms with E-state index in [0.29, 0.717) is 41.1 Å². The first-order valence-corrected chi connectivity index (χ1v) is 8.37. The molecule has 0 fully saturated rings. The molecule has 25 heavy (non-hydrogen) atoms. The van der Waals surface area contributed by atoms with E-state index in [9.17, 15) is 4.79 Å². The quantitative estimate of drug-likeness (QED) is 0.682. The molecule has 0 bridgehead atoms. The number of aromatic nitrogens is 4. The zero-order valence-corrected chi connectivity index (χ0v) is 15.3. The Morgan fingerprint density at radius 3 is 2.84 bits per heavy atom. The number of benzene rings is 1. The lowest BCUT2D eigenvalue weighted by atomic mass is 10.1. The van der Waals surface area contributed by atoms with E-state index in [4.69, 9.17) is 21.1 Å². The second-order valence-corrected chi connectivity index (χ2v) is 6.24. The highest BCUT2D eigenvalue weighted by atomic mass is 35.5. The van der Waals surface area contributed by atoms with Gasteiger partial charge in [-0.1, -0.05) is 25.4 Å². The molecule has 0 saturated heterocycles. The highest BCUT2D eigenvalue weighted by Gasteiger charge is 2.17. The molecule has 0 aliphatic rings. The van der Waals surface area contributed by atoms with E-state index in [-0.39, 0.29) is 5.91 Å². The van der Waals surface area contributed by atoms with Gasteiger partial charge in [0.15, 0.2) is 0 Å². The van der Waals surface area contributed by atoms with Crippen molar-refractivity contribution in [2.75, 3.05) is 26.9 Å². The molecule has 0 unspecified atom stereocenters. The first-order chi connectivity index (χ1) is 12.0. The third-order valence-electron chi connectivity index (χ3n) is 3.31. The van der Waals surface area contributed by atoms with E-state index in [1.165, 1.54) is 18.1 Å². The van der Waals surface area contributed by atoms with Crippen molar-refractivity contribution in [2.24, 2.45) is 5.92 Å². The summed E-state index contributed by atoms with van der Waals surface area (Å²) in [6, 6.07) is 3.17. The topological polar surface area (TPSA) is 91.2 Å². The van der Waals surface area contributed by atoms with Crippen LogP contribution in [-0.2, 0) is 4.74 Å². The summed E-state index contributed by atoms with van der Waals surface area (Å²) in [5.74, 6) is 0.633. The number of hydrogen-bond acceptors (Lipinski definition) is 6. The van der Waals surface area contributed by atoms with Crippen molar-refractivity contribution in [2.45, 2.75) is 20.3 Å². The molecule has 2 aromatic rings. The molecule has 1 heterocycles. The van der Waals surface area contributed by atoms with Gasteiger partial charge in [-0.05, 0) is 28.8 Å². The number of nitrogens with zero attached hydrogens (tertiary/aromatic N) is 4. The summed E-state index contributed by atoms with van der Waals surface area (Å²) >= 11 is 6.25. The number of carbonyl (C=O) groups excluding carboxylic acids is 1. The molecule has 0 spiro atoms. The number of hydrogen-bond donors (Lipinski definition) is 1. The number of methoxy groups -OCH3 is 1. The fourth-order valence-corrected chi connectivity index (χ4v) is 2.38. The highest BCUT2D eigenvalue weighted by molar-refractivity contribution is 6.33. The van der Waals surface area contributed by atoms with Crippen LogP contribution in [-0.4, -0.2) is 53.0 Å². The first-order valence-electron chi connectivity index (χ1n) is 7.99. The van der Waals surface area contributed by atoms with Gasteiger partial charge in [0.25, 0.3) is 5.91 Å². The summed E-state index contributed by atoms with van der Waals surface area (Å²) in [4.78, 5) is 12.4. The van der Waals surface area contributed by atoms with Gasteiger partial charge in [-0.2, -0.15) is 4.68 Å². The van der Waals surface area contributed by atoms with E-state index in [2.05, 4.69) is 34.7 Å². The molecule has 9 heteroatoms.